The molecule has 0 bridgehead atoms. The fourth-order valence-electron chi connectivity index (χ4n) is 5.27. The zero-order valence-corrected chi connectivity index (χ0v) is 19.9. The number of benzene rings is 3. The Labute approximate surface area is 171 Å². The minimum absolute atomic E-state index is 0.714. The maximum atomic E-state index is 2.63. The molecule has 0 heterocycles. The van der Waals surface area contributed by atoms with E-state index >= 15 is 0 Å². The summed E-state index contributed by atoms with van der Waals surface area (Å²) < 4.78 is 1.46. The van der Waals surface area contributed by atoms with Crippen molar-refractivity contribution >= 4 is 12.0 Å². The summed E-state index contributed by atoms with van der Waals surface area (Å²) in [5.41, 5.74) is 11.0. The van der Waals surface area contributed by atoms with Crippen LogP contribution in [0.3, 0.4) is 0 Å². The molecule has 2 heteroatoms. The van der Waals surface area contributed by atoms with Crippen molar-refractivity contribution in [2.45, 2.75) is 27.3 Å². The predicted molar refractivity (Wildman–Crippen MR) is 115 cm³/mol. The average molecular weight is 445 g/mol. The van der Waals surface area contributed by atoms with Gasteiger partial charge in [0.2, 0.25) is 0 Å². The predicted octanol–water partition coefficient (Wildman–Crippen LogP) is 6.52. The second-order valence-corrected chi connectivity index (χ2v) is 28.3. The van der Waals surface area contributed by atoms with E-state index in [1.807, 2.05) is 0 Å². The first-order valence-electron chi connectivity index (χ1n) is 9.98. The number of rotatable bonds is 3. The summed E-state index contributed by atoms with van der Waals surface area (Å²) in [6, 6.07) is 27.7. The molecule has 0 fully saturated rings. The van der Waals surface area contributed by atoms with Gasteiger partial charge in [-0.1, -0.05) is 0 Å². The van der Waals surface area contributed by atoms with E-state index in [9.17, 15) is 0 Å². The molecule has 0 saturated heterocycles. The van der Waals surface area contributed by atoms with Gasteiger partial charge in [-0.2, -0.15) is 0 Å². The molecule has 3 aromatic carbocycles. The second-order valence-electron chi connectivity index (χ2n) is 8.21. The zero-order valence-electron chi connectivity index (χ0n) is 16.2. The van der Waals surface area contributed by atoms with Crippen molar-refractivity contribution in [3.8, 4) is 11.1 Å². The van der Waals surface area contributed by atoms with Crippen molar-refractivity contribution in [2.24, 2.45) is 0 Å². The molecule has 0 aliphatic heterocycles. The zero-order chi connectivity index (χ0) is 18.5. The first-order chi connectivity index (χ1) is 13.2. The summed E-state index contributed by atoms with van der Waals surface area (Å²) in [6.45, 7) is 7.66. The molecule has 0 radical (unpaired) electrons. The number of hydrogen-bond acceptors (Lipinski definition) is 0. The van der Waals surface area contributed by atoms with Gasteiger partial charge in [-0.05, 0) is 0 Å². The monoisotopic (exact) mass is 443 g/mol. The normalized spacial score (nSPS) is 17.5. The first-order valence-corrected chi connectivity index (χ1v) is 20.0. The van der Waals surface area contributed by atoms with Gasteiger partial charge in [-0.3, -0.25) is 0 Å². The van der Waals surface area contributed by atoms with E-state index in [1.165, 1.54) is 16.7 Å². The number of fused-ring (bicyclic) bond motifs is 4. The van der Waals surface area contributed by atoms with Gasteiger partial charge in [-0.15, -0.1) is 0 Å². The van der Waals surface area contributed by atoms with Crippen LogP contribution in [-0.2, 0) is 20.9 Å². The molecule has 2 aliphatic rings. The molecule has 0 nitrogen and oxygen atoms in total. The molecular weight excluding hydrogens is 420 g/mol. The standard InChI is InChI=1S/C13H9.C10H9.C2H7Si.Zr/c1-3-7-12-10(5-1)9-11-6-2-4-8-13(11)12;1-8-6-9-4-2-3-5-10(9)7-8;1-3-2;/h1-9H;2-7H,1H3;3H,1-2H3;. The first kappa shape index (κ1) is 17.6. The molecule has 133 valence electrons. The molecule has 3 aromatic rings. The van der Waals surface area contributed by atoms with Crippen molar-refractivity contribution < 1.29 is 20.9 Å². The van der Waals surface area contributed by atoms with Crippen LogP contribution in [0.25, 0.3) is 17.2 Å². The third kappa shape index (κ3) is 2.72. The van der Waals surface area contributed by atoms with E-state index in [2.05, 4.69) is 98.9 Å². The van der Waals surface area contributed by atoms with Gasteiger partial charge in [0.1, 0.15) is 0 Å². The molecule has 5 rings (SSSR count). The van der Waals surface area contributed by atoms with Crippen molar-refractivity contribution in [1.82, 2.24) is 0 Å². The van der Waals surface area contributed by atoms with Gasteiger partial charge >= 0.3 is 172 Å². The van der Waals surface area contributed by atoms with Crippen LogP contribution < -0.4 is 0 Å². The van der Waals surface area contributed by atoms with Gasteiger partial charge in [0.05, 0.1) is 0 Å². The Hall–Kier alpha value is -1.50. The minimum atomic E-state index is -1.86. The second kappa shape index (κ2) is 6.83. The van der Waals surface area contributed by atoms with Gasteiger partial charge in [-0.25, -0.2) is 0 Å². The molecule has 27 heavy (non-hydrogen) atoms. The van der Waals surface area contributed by atoms with Crippen LogP contribution >= 0.6 is 0 Å². The Morgan fingerprint density at radius 3 is 1.78 bits per heavy atom. The van der Waals surface area contributed by atoms with Crippen molar-refractivity contribution in [1.29, 1.82) is 0 Å². The van der Waals surface area contributed by atoms with Crippen LogP contribution in [0.5, 0.6) is 0 Å². The van der Waals surface area contributed by atoms with Crippen molar-refractivity contribution in [3.63, 3.8) is 0 Å². The van der Waals surface area contributed by atoms with Gasteiger partial charge < -0.3 is 0 Å². The Bertz CT molecular complexity index is 1000. The van der Waals surface area contributed by atoms with E-state index < -0.39 is 26.8 Å². The van der Waals surface area contributed by atoms with E-state index in [4.69, 9.17) is 0 Å². The third-order valence-corrected chi connectivity index (χ3v) is 28.1. The summed E-state index contributed by atoms with van der Waals surface area (Å²) in [5, 5.41) is 0. The summed E-state index contributed by atoms with van der Waals surface area (Å²) in [5.74, 6) is -0.751. The molecule has 1 unspecified atom stereocenters. The van der Waals surface area contributed by atoms with Gasteiger partial charge in [0.15, 0.2) is 0 Å². The van der Waals surface area contributed by atoms with E-state index in [0.29, 0.717) is 3.63 Å². The molecule has 0 saturated carbocycles. The van der Waals surface area contributed by atoms with Gasteiger partial charge in [0.25, 0.3) is 0 Å². The van der Waals surface area contributed by atoms with E-state index in [-0.39, 0.29) is 0 Å². The number of allylic oxidation sites excluding steroid dienone is 1. The summed E-state index contributed by atoms with van der Waals surface area (Å²) >= 11 is -1.86. The molecule has 0 amide bonds. The van der Waals surface area contributed by atoms with Crippen LogP contribution in [0.15, 0.2) is 78.4 Å². The van der Waals surface area contributed by atoms with Crippen LogP contribution in [0.4, 0.5) is 0 Å². The Morgan fingerprint density at radius 2 is 1.19 bits per heavy atom. The Balaban J connectivity index is 1.71. The molecule has 0 N–H and O–H groups in total. The Morgan fingerprint density at radius 1 is 0.667 bits per heavy atom. The summed E-state index contributed by atoms with van der Waals surface area (Å²) in [6.07, 6.45) is 2.48. The topological polar surface area (TPSA) is 0 Å². The fourth-order valence-corrected chi connectivity index (χ4v) is 28.0. The van der Waals surface area contributed by atoms with Crippen molar-refractivity contribution in [2.75, 3.05) is 0 Å². The molecule has 0 aromatic heterocycles. The van der Waals surface area contributed by atoms with Crippen LogP contribution in [0.1, 0.15) is 36.4 Å². The SMILES string of the molecule is CC1=Cc2ccccc2[CH]1[Zr]([CH]1c2ccccc2-c2ccccc21)[SiH](C)C. The summed E-state index contributed by atoms with van der Waals surface area (Å²) in [7, 11) is 0. The van der Waals surface area contributed by atoms with Crippen molar-refractivity contribution in [3.05, 3.63) is 101 Å². The average Bonchev–Trinajstić information content (AvgIpc) is 3.18. The quantitative estimate of drug-likeness (QED) is 0.404. The van der Waals surface area contributed by atoms with Gasteiger partial charge in [0, 0.05) is 0 Å². The van der Waals surface area contributed by atoms with Crippen LogP contribution in [0.2, 0.25) is 13.1 Å². The van der Waals surface area contributed by atoms with Crippen LogP contribution in [0, 0.1) is 0 Å². The molecule has 0 spiro atoms. The van der Waals surface area contributed by atoms with Crippen LogP contribution in [-0.4, -0.2) is 5.92 Å². The Kier molecular flexibility index (Phi) is 4.45. The maximum absolute atomic E-state index is 2.63. The van der Waals surface area contributed by atoms with E-state index in [1.54, 1.807) is 22.3 Å². The molecular formula is C25H25SiZr. The number of hydrogen-bond donors (Lipinski definition) is 0. The fraction of sp³-hybridized carbons (Fsp3) is 0.200. The summed E-state index contributed by atoms with van der Waals surface area (Å²) in [4.78, 5) is 0. The van der Waals surface area contributed by atoms with E-state index in [0.717, 1.165) is 3.63 Å². The third-order valence-electron chi connectivity index (χ3n) is 6.31. The molecule has 2 aliphatic carbocycles. The molecule has 1 atom stereocenters.